The van der Waals surface area contributed by atoms with Gasteiger partial charge in [-0.2, -0.15) is 0 Å². The van der Waals surface area contributed by atoms with Crippen molar-refractivity contribution in [2.45, 2.75) is 20.3 Å². The Hall–Kier alpha value is -1.77. The summed E-state index contributed by atoms with van der Waals surface area (Å²) >= 11 is 0. The van der Waals surface area contributed by atoms with Crippen molar-refractivity contribution in [1.82, 2.24) is 0 Å². The summed E-state index contributed by atoms with van der Waals surface area (Å²) in [7, 11) is 0. The van der Waals surface area contributed by atoms with E-state index >= 15 is 0 Å². The predicted octanol–water partition coefficient (Wildman–Crippen LogP) is 2.46. The van der Waals surface area contributed by atoms with Crippen LogP contribution in [0.4, 0.5) is 0 Å². The third kappa shape index (κ3) is 1.94. The molecule has 0 aromatic heterocycles. The second-order valence-electron chi connectivity index (χ2n) is 3.64. The molecule has 0 bridgehead atoms. The molecule has 3 heteroatoms. The Morgan fingerprint density at radius 2 is 2.19 bits per heavy atom. The maximum absolute atomic E-state index is 11.7. The Balaban J connectivity index is 2.27. The van der Waals surface area contributed by atoms with E-state index in [4.69, 9.17) is 9.47 Å². The highest BCUT2D eigenvalue weighted by molar-refractivity contribution is 5.90. The summed E-state index contributed by atoms with van der Waals surface area (Å²) in [6.07, 6.45) is 0.584. The molecular weight excluding hydrogens is 204 g/mol. The molecule has 1 aromatic rings. The molecule has 84 valence electrons. The van der Waals surface area contributed by atoms with Gasteiger partial charge in [-0.15, -0.1) is 0 Å². The Morgan fingerprint density at radius 3 is 2.94 bits per heavy atom. The lowest BCUT2D eigenvalue weighted by Crippen LogP contribution is -2.17. The summed E-state index contributed by atoms with van der Waals surface area (Å²) in [5, 5.41) is 0. The molecule has 0 N–H and O–H groups in total. The number of carbonyl (C=O) groups is 1. The van der Waals surface area contributed by atoms with Gasteiger partial charge in [0.1, 0.15) is 11.5 Å². The van der Waals surface area contributed by atoms with Crippen molar-refractivity contribution >= 4 is 5.97 Å². The smallest absolute Gasteiger partial charge is 0.337 e. The summed E-state index contributed by atoms with van der Waals surface area (Å²) < 4.78 is 10.6. The summed E-state index contributed by atoms with van der Waals surface area (Å²) in [6, 6.07) is 7.72. The molecule has 0 atom stereocenters. The molecule has 0 amide bonds. The Labute approximate surface area is 94.7 Å². The van der Waals surface area contributed by atoms with Gasteiger partial charge in [0.05, 0.1) is 12.2 Å². The van der Waals surface area contributed by atoms with Gasteiger partial charge in [-0.25, -0.2) is 4.79 Å². The van der Waals surface area contributed by atoms with Gasteiger partial charge in [0.2, 0.25) is 0 Å². The molecule has 1 aliphatic rings. The zero-order chi connectivity index (χ0) is 11.5. The van der Waals surface area contributed by atoms with Crippen LogP contribution >= 0.6 is 0 Å². The van der Waals surface area contributed by atoms with Gasteiger partial charge in [-0.05, 0) is 25.5 Å². The van der Waals surface area contributed by atoms with Crippen LogP contribution in [-0.4, -0.2) is 12.6 Å². The molecule has 0 radical (unpaired) electrons. The number of rotatable bonds is 2. The average Bonchev–Trinajstić information content (AvgIpc) is 2.28. The Morgan fingerprint density at radius 1 is 1.44 bits per heavy atom. The molecule has 16 heavy (non-hydrogen) atoms. The van der Waals surface area contributed by atoms with Crippen LogP contribution in [0.2, 0.25) is 0 Å². The van der Waals surface area contributed by atoms with E-state index in [0.29, 0.717) is 24.4 Å². The number of esters is 1. The van der Waals surface area contributed by atoms with Crippen molar-refractivity contribution in [2.24, 2.45) is 0 Å². The maximum atomic E-state index is 11.7. The quantitative estimate of drug-likeness (QED) is 0.715. The third-order valence-electron chi connectivity index (χ3n) is 2.55. The first-order chi connectivity index (χ1) is 7.72. The summed E-state index contributed by atoms with van der Waals surface area (Å²) in [6.45, 7) is 3.98. The number of para-hydroxylation sites is 1. The van der Waals surface area contributed by atoms with Crippen LogP contribution in [0.3, 0.4) is 0 Å². The molecule has 0 unspecified atom stereocenters. The monoisotopic (exact) mass is 218 g/mol. The molecule has 2 rings (SSSR count). The lowest BCUT2D eigenvalue weighted by atomic mass is 10.0. The highest BCUT2D eigenvalue weighted by Crippen LogP contribution is 2.29. The second kappa shape index (κ2) is 4.39. The van der Waals surface area contributed by atoms with Gasteiger partial charge < -0.3 is 9.47 Å². The number of carbonyl (C=O) groups excluding carboxylic acids is 1. The van der Waals surface area contributed by atoms with Gasteiger partial charge in [-0.1, -0.05) is 18.2 Å². The first-order valence-electron chi connectivity index (χ1n) is 5.35. The minimum Gasteiger partial charge on any atom is -0.463 e. The van der Waals surface area contributed by atoms with Crippen molar-refractivity contribution in [3.63, 3.8) is 0 Å². The van der Waals surface area contributed by atoms with Crippen LogP contribution in [-0.2, 0) is 16.0 Å². The largest absolute Gasteiger partial charge is 0.463 e. The van der Waals surface area contributed by atoms with Crippen molar-refractivity contribution in [3.05, 3.63) is 41.2 Å². The molecule has 1 aliphatic heterocycles. The van der Waals surface area contributed by atoms with E-state index in [0.717, 1.165) is 11.3 Å². The number of allylic oxidation sites excluding steroid dienone is 1. The molecule has 1 heterocycles. The Kier molecular flexibility index (Phi) is 2.95. The van der Waals surface area contributed by atoms with Gasteiger partial charge in [-0.3, -0.25) is 0 Å². The molecule has 0 saturated carbocycles. The van der Waals surface area contributed by atoms with Crippen molar-refractivity contribution < 1.29 is 14.3 Å². The van der Waals surface area contributed by atoms with Gasteiger partial charge >= 0.3 is 5.97 Å². The van der Waals surface area contributed by atoms with Crippen molar-refractivity contribution in [2.75, 3.05) is 6.61 Å². The van der Waals surface area contributed by atoms with Gasteiger partial charge in [0.15, 0.2) is 0 Å². The van der Waals surface area contributed by atoms with Crippen LogP contribution in [0.15, 0.2) is 35.6 Å². The van der Waals surface area contributed by atoms with Crippen LogP contribution < -0.4 is 4.74 Å². The Bertz CT molecular complexity index is 446. The van der Waals surface area contributed by atoms with Crippen LogP contribution in [0.1, 0.15) is 19.4 Å². The molecular formula is C13H14O3. The zero-order valence-corrected chi connectivity index (χ0v) is 9.45. The summed E-state index contributed by atoms with van der Waals surface area (Å²) in [5.41, 5.74) is 1.64. The number of ether oxygens (including phenoxy) is 2. The average molecular weight is 218 g/mol. The minimum atomic E-state index is -0.283. The SMILES string of the molecule is CCOC(=O)C1=C(C)Oc2ccccc2C1. The van der Waals surface area contributed by atoms with Crippen LogP contribution in [0.25, 0.3) is 0 Å². The highest BCUT2D eigenvalue weighted by atomic mass is 16.5. The highest BCUT2D eigenvalue weighted by Gasteiger charge is 2.22. The first-order valence-corrected chi connectivity index (χ1v) is 5.35. The molecule has 3 nitrogen and oxygen atoms in total. The van der Waals surface area contributed by atoms with E-state index in [-0.39, 0.29) is 5.97 Å². The number of fused-ring (bicyclic) bond motifs is 1. The standard InChI is InChI=1S/C13H14O3/c1-3-15-13(14)11-8-10-6-4-5-7-12(10)16-9(11)2/h4-7H,3,8H2,1-2H3. The molecule has 0 fully saturated rings. The fourth-order valence-corrected chi connectivity index (χ4v) is 1.73. The zero-order valence-electron chi connectivity index (χ0n) is 9.45. The molecule has 0 spiro atoms. The van der Waals surface area contributed by atoms with E-state index in [1.807, 2.05) is 24.3 Å². The van der Waals surface area contributed by atoms with Gasteiger partial charge in [0.25, 0.3) is 0 Å². The lowest BCUT2D eigenvalue weighted by molar-refractivity contribution is -0.138. The van der Waals surface area contributed by atoms with E-state index in [9.17, 15) is 4.79 Å². The normalized spacial score (nSPS) is 14.1. The lowest BCUT2D eigenvalue weighted by Gasteiger charge is -2.20. The van der Waals surface area contributed by atoms with Crippen molar-refractivity contribution in [3.8, 4) is 5.75 Å². The topological polar surface area (TPSA) is 35.5 Å². The molecule has 0 saturated heterocycles. The molecule has 0 aliphatic carbocycles. The number of hydrogen-bond donors (Lipinski definition) is 0. The minimum absolute atomic E-state index is 0.283. The fourth-order valence-electron chi connectivity index (χ4n) is 1.73. The second-order valence-corrected chi connectivity index (χ2v) is 3.64. The number of benzene rings is 1. The fraction of sp³-hybridized carbons (Fsp3) is 0.308. The van der Waals surface area contributed by atoms with Gasteiger partial charge in [0, 0.05) is 6.42 Å². The van der Waals surface area contributed by atoms with E-state index in [2.05, 4.69) is 0 Å². The predicted molar refractivity (Wildman–Crippen MR) is 60.1 cm³/mol. The molecule has 1 aromatic carbocycles. The van der Waals surface area contributed by atoms with Crippen LogP contribution in [0.5, 0.6) is 5.75 Å². The first kappa shape index (κ1) is 10.7. The summed E-state index contributed by atoms with van der Waals surface area (Å²) in [4.78, 5) is 11.7. The third-order valence-corrected chi connectivity index (χ3v) is 2.55. The van der Waals surface area contributed by atoms with Crippen molar-refractivity contribution in [1.29, 1.82) is 0 Å². The summed E-state index contributed by atoms with van der Waals surface area (Å²) in [5.74, 6) is 1.18. The van der Waals surface area contributed by atoms with Crippen LogP contribution in [0, 0.1) is 0 Å². The maximum Gasteiger partial charge on any atom is 0.337 e. The van der Waals surface area contributed by atoms with E-state index in [1.165, 1.54) is 0 Å². The number of hydrogen-bond acceptors (Lipinski definition) is 3. The van der Waals surface area contributed by atoms with E-state index in [1.54, 1.807) is 13.8 Å². The van der Waals surface area contributed by atoms with E-state index < -0.39 is 0 Å².